The second-order valence-corrected chi connectivity index (χ2v) is 3.63. The number of rotatable bonds is 4. The summed E-state index contributed by atoms with van der Waals surface area (Å²) in [6.07, 6.45) is 0. The van der Waals surface area contributed by atoms with E-state index in [1.807, 2.05) is 30.3 Å². The molecule has 0 saturated heterocycles. The van der Waals surface area contributed by atoms with Gasteiger partial charge in [-0.3, -0.25) is 0 Å². The number of carbonyl (C=O) groups is 1. The van der Waals surface area contributed by atoms with Gasteiger partial charge in [0, 0.05) is 0 Å². The summed E-state index contributed by atoms with van der Waals surface area (Å²) in [6.45, 7) is 2.28. The quantitative estimate of drug-likeness (QED) is 0.822. The van der Waals surface area contributed by atoms with Crippen LogP contribution in [0.3, 0.4) is 0 Å². The maximum absolute atomic E-state index is 11.7. The van der Waals surface area contributed by atoms with Crippen molar-refractivity contribution in [2.75, 3.05) is 6.61 Å². The van der Waals surface area contributed by atoms with E-state index in [1.54, 1.807) is 6.92 Å². The predicted molar refractivity (Wildman–Crippen MR) is 63.2 cm³/mol. The van der Waals surface area contributed by atoms with Crippen molar-refractivity contribution in [2.45, 2.75) is 13.5 Å². The minimum Gasteiger partial charge on any atom is -0.490 e. The number of hydrogen-bond donors (Lipinski definition) is 1. The average molecular weight is 247 g/mol. The maximum atomic E-state index is 11.7. The largest absolute Gasteiger partial charge is 0.490 e. The lowest BCUT2D eigenvalue weighted by Crippen LogP contribution is -2.14. The van der Waals surface area contributed by atoms with Crippen molar-refractivity contribution < 1.29 is 14.6 Å². The minimum atomic E-state index is -0.629. The van der Waals surface area contributed by atoms with Crippen LogP contribution in [0.15, 0.2) is 30.3 Å². The number of hydrogen-bond acceptors (Lipinski definition) is 5. The highest BCUT2D eigenvalue weighted by Crippen LogP contribution is 2.15. The van der Waals surface area contributed by atoms with E-state index in [0.29, 0.717) is 6.54 Å². The SMILES string of the molecule is CCOC(=O)c1c(O)nnn1Cc1ccccc1. The fourth-order valence-corrected chi connectivity index (χ4v) is 1.57. The zero-order valence-electron chi connectivity index (χ0n) is 9.91. The topological polar surface area (TPSA) is 77.2 Å². The third-order valence-electron chi connectivity index (χ3n) is 2.36. The molecule has 0 radical (unpaired) electrons. The highest BCUT2D eigenvalue weighted by molar-refractivity contribution is 5.89. The molecule has 0 aliphatic rings. The Bertz CT molecular complexity index is 537. The number of carbonyl (C=O) groups excluding carboxylic acids is 1. The van der Waals surface area contributed by atoms with E-state index in [9.17, 15) is 9.90 Å². The molecule has 18 heavy (non-hydrogen) atoms. The number of nitrogens with zero attached hydrogens (tertiary/aromatic N) is 3. The smallest absolute Gasteiger partial charge is 0.362 e. The van der Waals surface area contributed by atoms with Gasteiger partial charge in [-0.2, -0.15) is 0 Å². The van der Waals surface area contributed by atoms with Crippen LogP contribution in [0, 0.1) is 0 Å². The molecule has 0 amide bonds. The van der Waals surface area contributed by atoms with Gasteiger partial charge in [-0.15, -0.1) is 0 Å². The van der Waals surface area contributed by atoms with Gasteiger partial charge in [-0.25, -0.2) is 9.48 Å². The molecule has 1 aromatic carbocycles. The van der Waals surface area contributed by atoms with Crippen LogP contribution >= 0.6 is 0 Å². The lowest BCUT2D eigenvalue weighted by molar-refractivity contribution is 0.0509. The van der Waals surface area contributed by atoms with Crippen molar-refractivity contribution in [3.8, 4) is 5.88 Å². The summed E-state index contributed by atoms with van der Waals surface area (Å²) in [7, 11) is 0. The normalized spacial score (nSPS) is 10.3. The molecule has 6 heteroatoms. The Kier molecular flexibility index (Phi) is 3.57. The van der Waals surface area contributed by atoms with Gasteiger partial charge < -0.3 is 9.84 Å². The zero-order valence-corrected chi connectivity index (χ0v) is 9.91. The molecule has 94 valence electrons. The van der Waals surface area contributed by atoms with Crippen molar-refractivity contribution >= 4 is 5.97 Å². The molecular formula is C12H13N3O3. The molecule has 0 spiro atoms. The van der Waals surface area contributed by atoms with Crippen LogP contribution in [0.2, 0.25) is 0 Å². The minimum absolute atomic E-state index is 0.0271. The molecule has 0 aliphatic heterocycles. The van der Waals surface area contributed by atoms with Crippen LogP contribution in [0.4, 0.5) is 0 Å². The highest BCUT2D eigenvalue weighted by atomic mass is 16.5. The van der Waals surface area contributed by atoms with Crippen LogP contribution in [0.25, 0.3) is 0 Å². The van der Waals surface area contributed by atoms with Crippen LogP contribution in [-0.4, -0.2) is 32.7 Å². The molecule has 1 heterocycles. The fourth-order valence-electron chi connectivity index (χ4n) is 1.57. The van der Waals surface area contributed by atoms with Gasteiger partial charge >= 0.3 is 5.97 Å². The highest BCUT2D eigenvalue weighted by Gasteiger charge is 2.21. The van der Waals surface area contributed by atoms with Crippen molar-refractivity contribution in [1.29, 1.82) is 0 Å². The van der Waals surface area contributed by atoms with E-state index in [2.05, 4.69) is 10.3 Å². The molecule has 0 saturated carbocycles. The zero-order chi connectivity index (χ0) is 13.0. The van der Waals surface area contributed by atoms with E-state index in [1.165, 1.54) is 4.68 Å². The first-order chi connectivity index (χ1) is 8.72. The summed E-state index contributed by atoms with van der Waals surface area (Å²) in [4.78, 5) is 11.7. The summed E-state index contributed by atoms with van der Waals surface area (Å²) in [5.74, 6) is -1.04. The van der Waals surface area contributed by atoms with Gasteiger partial charge in [0.1, 0.15) is 0 Å². The van der Waals surface area contributed by atoms with Gasteiger partial charge in [0.15, 0.2) is 0 Å². The Morgan fingerprint density at radius 1 is 1.39 bits per heavy atom. The Morgan fingerprint density at radius 3 is 2.78 bits per heavy atom. The molecule has 6 nitrogen and oxygen atoms in total. The van der Waals surface area contributed by atoms with Crippen molar-refractivity contribution in [3.63, 3.8) is 0 Å². The van der Waals surface area contributed by atoms with Gasteiger partial charge in [-0.05, 0) is 12.5 Å². The number of aromatic hydroxyl groups is 1. The standard InChI is InChI=1S/C12H13N3O3/c1-2-18-12(17)10-11(16)13-14-15(10)8-9-6-4-3-5-7-9/h3-7,16H,2,8H2,1H3. The number of aromatic nitrogens is 3. The Hall–Kier alpha value is -2.37. The van der Waals surface area contributed by atoms with Crippen LogP contribution < -0.4 is 0 Å². The third-order valence-corrected chi connectivity index (χ3v) is 2.36. The molecule has 2 rings (SSSR count). The summed E-state index contributed by atoms with van der Waals surface area (Å²) in [6, 6.07) is 9.46. The molecule has 0 fully saturated rings. The monoisotopic (exact) mass is 247 g/mol. The predicted octanol–water partition coefficient (Wildman–Crippen LogP) is 1.21. The van der Waals surface area contributed by atoms with Crippen molar-refractivity contribution in [3.05, 3.63) is 41.6 Å². The van der Waals surface area contributed by atoms with E-state index in [4.69, 9.17) is 4.74 Å². The second-order valence-electron chi connectivity index (χ2n) is 3.63. The van der Waals surface area contributed by atoms with Crippen molar-refractivity contribution in [1.82, 2.24) is 15.0 Å². The Morgan fingerprint density at radius 2 is 2.11 bits per heavy atom. The number of benzene rings is 1. The van der Waals surface area contributed by atoms with Gasteiger partial charge in [0.2, 0.25) is 5.69 Å². The van der Waals surface area contributed by atoms with Crippen molar-refractivity contribution in [2.24, 2.45) is 0 Å². The molecule has 2 aromatic rings. The molecule has 0 aliphatic carbocycles. The molecule has 1 aromatic heterocycles. The van der Waals surface area contributed by atoms with Crippen LogP contribution in [0.1, 0.15) is 23.0 Å². The summed E-state index contributed by atoms with van der Waals surface area (Å²) >= 11 is 0. The first-order valence-corrected chi connectivity index (χ1v) is 5.56. The first-order valence-electron chi connectivity index (χ1n) is 5.56. The average Bonchev–Trinajstić information content (AvgIpc) is 2.72. The second kappa shape index (κ2) is 5.31. The van der Waals surface area contributed by atoms with Gasteiger partial charge in [-0.1, -0.05) is 40.6 Å². The molecule has 0 atom stereocenters. The van der Waals surface area contributed by atoms with Crippen LogP contribution in [-0.2, 0) is 11.3 Å². The van der Waals surface area contributed by atoms with Gasteiger partial charge in [0.25, 0.3) is 5.88 Å². The van der Waals surface area contributed by atoms with E-state index < -0.39 is 11.8 Å². The lowest BCUT2D eigenvalue weighted by atomic mass is 10.2. The molecule has 1 N–H and O–H groups in total. The van der Waals surface area contributed by atoms with Gasteiger partial charge in [0.05, 0.1) is 13.2 Å². The third kappa shape index (κ3) is 2.48. The van der Waals surface area contributed by atoms with E-state index >= 15 is 0 Å². The number of esters is 1. The maximum Gasteiger partial charge on any atom is 0.362 e. The Labute approximate surface area is 104 Å². The Balaban J connectivity index is 2.26. The summed E-state index contributed by atoms with van der Waals surface area (Å²) in [5.41, 5.74) is 0.925. The molecule has 0 bridgehead atoms. The summed E-state index contributed by atoms with van der Waals surface area (Å²) in [5, 5.41) is 16.7. The first kappa shape index (κ1) is 12.1. The van der Waals surface area contributed by atoms with E-state index in [-0.39, 0.29) is 12.3 Å². The number of ether oxygens (including phenoxy) is 1. The lowest BCUT2D eigenvalue weighted by Gasteiger charge is -2.05. The fraction of sp³-hybridized carbons (Fsp3) is 0.250. The molecular weight excluding hydrogens is 234 g/mol. The van der Waals surface area contributed by atoms with Crippen LogP contribution in [0.5, 0.6) is 5.88 Å². The summed E-state index contributed by atoms with van der Waals surface area (Å²) < 4.78 is 6.17. The van der Waals surface area contributed by atoms with E-state index in [0.717, 1.165) is 5.56 Å². The molecule has 0 unspecified atom stereocenters.